The van der Waals surface area contributed by atoms with E-state index in [1.807, 2.05) is 75.4 Å². The zero-order chi connectivity index (χ0) is 69.1. The molecule has 0 aliphatic carbocycles. The van der Waals surface area contributed by atoms with Crippen LogP contribution in [0, 0.1) is 0 Å². The Bertz CT molecular complexity index is 4820. The molecule has 0 radical (unpaired) electrons. The van der Waals surface area contributed by atoms with Gasteiger partial charge in [0.2, 0.25) is 0 Å². The predicted octanol–water partition coefficient (Wildman–Crippen LogP) is 18.4. The van der Waals surface area contributed by atoms with Gasteiger partial charge in [0.15, 0.2) is 11.0 Å². The van der Waals surface area contributed by atoms with E-state index in [0.717, 1.165) is 44.1 Å². The fourth-order valence-electron chi connectivity index (χ4n) is 10.6. The number of aromatic nitrogens is 4. The molecular formula is C70H67N4O+. The SMILES string of the molecule is [2H]c1c2c(c(C(C([2H])([2H])[2H])(C([2H])([2H])[2H])C([2H])([2H])[2H])c([2H])c1C(C([2H])([2H])[2H])(C([2H])([2H])[2H])C([2H])([2H])[2H])-[n+]1cn(-c3cc(Oc4ccc5c6cc(-c7ccccc7)ccc6n(-c6cc(C(C)(C)C)ccn6)c5c4)cc(C(C)(C)C)c3)c3cccc(c31)-c1ccccc1-c1ccccc1-2. The van der Waals surface area contributed by atoms with Crippen molar-refractivity contribution in [2.45, 2.75) is 104 Å². The molecule has 0 unspecified atom stereocenters. The van der Waals surface area contributed by atoms with Gasteiger partial charge in [0.1, 0.15) is 28.7 Å². The first-order valence-electron chi connectivity index (χ1n) is 34.9. The molecule has 1 aliphatic rings. The first kappa shape index (κ1) is 30.4. The minimum atomic E-state index is -4.29. The van der Waals surface area contributed by atoms with Crippen LogP contribution in [-0.2, 0) is 21.7 Å². The highest BCUT2D eigenvalue weighted by Gasteiger charge is 2.35. The summed E-state index contributed by atoms with van der Waals surface area (Å²) in [5.41, 5.74) is -6.12. The van der Waals surface area contributed by atoms with E-state index in [-0.39, 0.29) is 22.1 Å². The highest BCUT2D eigenvalue weighted by atomic mass is 16.5. The van der Waals surface area contributed by atoms with Crippen LogP contribution in [0.1, 0.15) is 132 Å². The first-order chi connectivity index (χ1) is 44.1. The van der Waals surface area contributed by atoms with Crippen molar-refractivity contribution in [1.29, 1.82) is 0 Å². The number of para-hydroxylation sites is 1. The zero-order valence-electron chi connectivity index (χ0n) is 62.4. The summed E-state index contributed by atoms with van der Waals surface area (Å²) in [5, 5.41) is 1.90. The van der Waals surface area contributed by atoms with Gasteiger partial charge in [-0.3, -0.25) is 4.57 Å². The average molecular weight is 1000 g/mol. The van der Waals surface area contributed by atoms with Crippen LogP contribution in [0.15, 0.2) is 188 Å². The van der Waals surface area contributed by atoms with Gasteiger partial charge in [-0.05, 0) is 138 Å². The summed E-state index contributed by atoms with van der Waals surface area (Å²) in [6, 6.07) is 47.2. The number of hydrogen-bond donors (Lipinski definition) is 0. The average Bonchev–Trinajstić information content (AvgIpc) is 1.41. The molecule has 0 saturated heterocycles. The number of pyridine rings is 1. The first-order valence-corrected chi connectivity index (χ1v) is 24.9. The molecule has 0 spiro atoms. The smallest absolute Gasteiger partial charge is 0.255 e. The highest BCUT2D eigenvalue weighted by Crippen LogP contribution is 2.47. The van der Waals surface area contributed by atoms with E-state index >= 15 is 0 Å². The van der Waals surface area contributed by atoms with Gasteiger partial charge in [-0.15, -0.1) is 0 Å². The zero-order valence-corrected chi connectivity index (χ0v) is 42.4. The molecule has 8 aromatic carbocycles. The normalized spacial score (nSPS) is 17.7. The minimum Gasteiger partial charge on any atom is -0.457 e. The van der Waals surface area contributed by atoms with Crippen molar-refractivity contribution >= 4 is 32.8 Å². The molecule has 0 amide bonds. The van der Waals surface area contributed by atoms with Crippen LogP contribution in [-0.4, -0.2) is 14.1 Å². The lowest BCUT2D eigenvalue weighted by Crippen LogP contribution is -2.35. The Balaban J connectivity index is 1.21. The minimum absolute atomic E-state index is 0.118. The van der Waals surface area contributed by atoms with Crippen molar-refractivity contribution in [3.63, 3.8) is 0 Å². The molecule has 12 rings (SSSR count). The van der Waals surface area contributed by atoms with Gasteiger partial charge in [-0.1, -0.05) is 180 Å². The molecule has 5 nitrogen and oxygen atoms in total. The third-order valence-corrected chi connectivity index (χ3v) is 14.4. The molecular weight excluding hydrogens is 913 g/mol. The third kappa shape index (κ3) is 8.34. The number of nitrogens with zero attached hydrogens (tertiary/aromatic N) is 4. The number of fused-ring (bicyclic) bond motifs is 10. The maximum atomic E-state index is 10.5. The lowest BCUT2D eigenvalue weighted by atomic mass is 9.77. The van der Waals surface area contributed by atoms with Crippen LogP contribution in [0.2, 0.25) is 0 Å². The van der Waals surface area contributed by atoms with Crippen LogP contribution >= 0.6 is 0 Å². The van der Waals surface area contributed by atoms with E-state index in [1.165, 1.54) is 23.0 Å². The lowest BCUT2D eigenvalue weighted by molar-refractivity contribution is -0.567. The van der Waals surface area contributed by atoms with Crippen LogP contribution in [0.5, 0.6) is 11.5 Å². The molecule has 3 aromatic heterocycles. The number of ether oxygens (including phenoxy) is 1. The Hall–Kier alpha value is -8.02. The number of rotatable bonds is 5. The molecule has 5 heteroatoms. The molecule has 0 fully saturated rings. The Morgan fingerprint density at radius 3 is 1.84 bits per heavy atom. The Kier molecular flexibility index (Phi) is 7.00. The lowest BCUT2D eigenvalue weighted by Gasteiger charge is -2.28. The van der Waals surface area contributed by atoms with Crippen molar-refractivity contribution < 1.29 is 36.7 Å². The molecule has 75 heavy (non-hydrogen) atoms. The van der Waals surface area contributed by atoms with Gasteiger partial charge in [0.25, 0.3) is 6.33 Å². The van der Waals surface area contributed by atoms with Crippen LogP contribution in [0.25, 0.3) is 94.5 Å². The largest absolute Gasteiger partial charge is 0.457 e. The summed E-state index contributed by atoms with van der Waals surface area (Å²) in [7, 11) is 0. The molecule has 0 N–H and O–H groups in total. The van der Waals surface area contributed by atoms with Crippen molar-refractivity contribution in [3.05, 3.63) is 211 Å². The molecule has 1 aliphatic heterocycles. The maximum Gasteiger partial charge on any atom is 0.255 e. The summed E-state index contributed by atoms with van der Waals surface area (Å²) in [6.07, 6.45) is 3.22. The molecule has 0 atom stereocenters. The summed E-state index contributed by atoms with van der Waals surface area (Å²) in [4.78, 5) is 4.93. The van der Waals surface area contributed by atoms with Gasteiger partial charge < -0.3 is 4.74 Å². The number of imidazole rings is 1. The fraction of sp³-hybridized carbons (Fsp3) is 0.229. The summed E-state index contributed by atoms with van der Waals surface area (Å²) in [5.74, 6) is 1.44. The van der Waals surface area contributed by atoms with E-state index in [2.05, 4.69) is 61.7 Å². The second kappa shape index (κ2) is 17.3. The number of benzene rings is 8. The van der Waals surface area contributed by atoms with Gasteiger partial charge in [0.05, 0.1) is 13.8 Å². The Morgan fingerprint density at radius 1 is 0.480 bits per heavy atom. The van der Waals surface area contributed by atoms with Gasteiger partial charge in [0, 0.05) is 70.5 Å². The fourth-order valence-corrected chi connectivity index (χ4v) is 10.6. The van der Waals surface area contributed by atoms with Crippen molar-refractivity contribution in [3.8, 4) is 73.2 Å². The quantitative estimate of drug-likeness (QED) is 0.161. The molecule has 4 heterocycles. The molecule has 11 aromatic rings. The predicted molar refractivity (Wildman–Crippen MR) is 314 cm³/mol. The van der Waals surface area contributed by atoms with E-state index < -0.39 is 91.8 Å². The van der Waals surface area contributed by atoms with E-state index in [1.54, 1.807) is 71.4 Å². The second-order valence-corrected chi connectivity index (χ2v) is 21.7. The van der Waals surface area contributed by atoms with Crippen molar-refractivity contribution in [1.82, 2.24) is 14.1 Å². The van der Waals surface area contributed by atoms with Gasteiger partial charge in [-0.2, -0.15) is 9.13 Å². The maximum absolute atomic E-state index is 10.5. The second-order valence-electron chi connectivity index (χ2n) is 21.7. The Morgan fingerprint density at radius 2 is 1.15 bits per heavy atom. The summed E-state index contributed by atoms with van der Waals surface area (Å²) in [6.45, 7) is -13.0. The van der Waals surface area contributed by atoms with Crippen molar-refractivity contribution in [2.24, 2.45) is 0 Å². The van der Waals surface area contributed by atoms with Gasteiger partial charge in [-0.25, -0.2) is 4.98 Å². The summed E-state index contributed by atoms with van der Waals surface area (Å²) >= 11 is 0. The standard InChI is InChI=1S/C70H67N4O/c1-67(2,3)46-33-34-71-64(40-46)74-61-32-29-45(44-21-14-13-15-22-44)35-58(61)56-31-30-50(42-63(56)74)75-51-37-47(68(4,5)6)36-49(41-51)72-43-73-65-59(38-48(69(7,8)9)39-60(65)70(10,11)12)55-26-19-17-24-53(55)52-23-16-18-25-54(52)57-27-20-28-62(72)66(57)73/h13-43H,1-12H3/q+1/i7D3,8D3,9D3,10D3,11D3,12D3,38D,39D. The van der Waals surface area contributed by atoms with Crippen LogP contribution in [0.3, 0.4) is 0 Å². The molecule has 0 bridgehead atoms. The van der Waals surface area contributed by atoms with E-state index in [9.17, 15) is 15.1 Å². The number of hydrogen-bond acceptors (Lipinski definition) is 2. The van der Waals surface area contributed by atoms with Gasteiger partial charge >= 0.3 is 0 Å². The Labute approximate surface area is 470 Å². The van der Waals surface area contributed by atoms with Crippen LogP contribution in [0.4, 0.5) is 0 Å². The topological polar surface area (TPSA) is 35.9 Å². The summed E-state index contributed by atoms with van der Waals surface area (Å²) < 4.78 is 197. The van der Waals surface area contributed by atoms with E-state index in [0.29, 0.717) is 45.2 Å². The van der Waals surface area contributed by atoms with Crippen LogP contribution < -0.4 is 9.30 Å². The highest BCUT2D eigenvalue weighted by molar-refractivity contribution is 6.11. The van der Waals surface area contributed by atoms with E-state index in [4.69, 9.17) is 22.1 Å². The third-order valence-electron chi connectivity index (χ3n) is 14.4. The van der Waals surface area contributed by atoms with Crippen molar-refractivity contribution in [2.75, 3.05) is 0 Å². The monoisotopic (exact) mass is 1000 g/mol. The molecule has 0 saturated carbocycles. The molecule has 372 valence electrons.